The predicted molar refractivity (Wildman–Crippen MR) is 96.6 cm³/mol. The van der Waals surface area contributed by atoms with E-state index >= 15 is 0 Å². The fraction of sp³-hybridized carbons (Fsp3) is 0.176. The van der Waals surface area contributed by atoms with Crippen molar-refractivity contribution in [1.29, 1.82) is 0 Å². The molecule has 0 bridgehead atoms. The van der Waals surface area contributed by atoms with E-state index in [1.54, 1.807) is 25.1 Å². The number of fused-ring (bicyclic) bond motifs is 1. The summed E-state index contributed by atoms with van der Waals surface area (Å²) in [6.07, 6.45) is 1.08. The minimum atomic E-state index is -3.67. The first-order valence-electron chi connectivity index (χ1n) is 7.57. The average Bonchev–Trinajstić information content (AvgIpc) is 2.98. The third kappa shape index (κ3) is 3.76. The van der Waals surface area contributed by atoms with Gasteiger partial charge in [-0.1, -0.05) is 30.3 Å². The van der Waals surface area contributed by atoms with Gasteiger partial charge in [0.05, 0.1) is 11.2 Å². The summed E-state index contributed by atoms with van der Waals surface area (Å²) in [5, 5.41) is 0.951. The second-order valence-corrected chi connectivity index (χ2v) is 9.60. The molecule has 6 nitrogen and oxygen atoms in total. The minimum Gasteiger partial charge on any atom is -0.345 e. The molecule has 1 heterocycles. The Labute approximate surface area is 146 Å². The molecule has 3 aromatic rings. The van der Waals surface area contributed by atoms with E-state index in [4.69, 9.17) is 0 Å². The maximum absolute atomic E-state index is 12.8. The SMILES string of the molecule is C[C@H](NS(C)(=O)=O)c1ccc(S(=O)(=O)c2cc3ccccc3[nH]2)cc1. The van der Waals surface area contributed by atoms with Crippen molar-refractivity contribution in [2.24, 2.45) is 0 Å². The summed E-state index contributed by atoms with van der Waals surface area (Å²) in [5.41, 5.74) is 1.43. The summed E-state index contributed by atoms with van der Waals surface area (Å²) in [5.74, 6) is 0. The molecule has 1 aromatic heterocycles. The van der Waals surface area contributed by atoms with E-state index in [0.717, 1.165) is 17.2 Å². The van der Waals surface area contributed by atoms with E-state index in [1.165, 1.54) is 12.1 Å². The highest BCUT2D eigenvalue weighted by Crippen LogP contribution is 2.25. The van der Waals surface area contributed by atoms with Crippen LogP contribution in [0.5, 0.6) is 0 Å². The highest BCUT2D eigenvalue weighted by atomic mass is 32.2. The number of rotatable bonds is 5. The highest BCUT2D eigenvalue weighted by Gasteiger charge is 2.20. The molecule has 0 saturated heterocycles. The largest absolute Gasteiger partial charge is 0.345 e. The Morgan fingerprint density at radius 1 is 0.960 bits per heavy atom. The van der Waals surface area contributed by atoms with Crippen LogP contribution in [-0.4, -0.2) is 28.1 Å². The van der Waals surface area contributed by atoms with Gasteiger partial charge in [0.15, 0.2) is 0 Å². The maximum Gasteiger partial charge on any atom is 0.221 e. The maximum atomic E-state index is 12.8. The van der Waals surface area contributed by atoms with Crippen LogP contribution in [-0.2, 0) is 19.9 Å². The number of sulfonamides is 1. The van der Waals surface area contributed by atoms with Gasteiger partial charge in [0.1, 0.15) is 5.03 Å². The van der Waals surface area contributed by atoms with Crippen LogP contribution in [0.2, 0.25) is 0 Å². The van der Waals surface area contributed by atoms with Gasteiger partial charge in [-0.25, -0.2) is 21.6 Å². The van der Waals surface area contributed by atoms with Gasteiger partial charge < -0.3 is 4.98 Å². The highest BCUT2D eigenvalue weighted by molar-refractivity contribution is 7.91. The molecule has 0 fully saturated rings. The van der Waals surface area contributed by atoms with Crippen LogP contribution in [0.1, 0.15) is 18.5 Å². The monoisotopic (exact) mass is 378 g/mol. The van der Waals surface area contributed by atoms with Gasteiger partial charge in [-0.15, -0.1) is 0 Å². The van der Waals surface area contributed by atoms with Crippen LogP contribution in [0, 0.1) is 0 Å². The molecule has 0 aliphatic rings. The Balaban J connectivity index is 1.93. The molecule has 2 N–H and O–H groups in total. The summed E-state index contributed by atoms with van der Waals surface area (Å²) in [6.45, 7) is 1.70. The van der Waals surface area contributed by atoms with Crippen molar-refractivity contribution < 1.29 is 16.8 Å². The summed E-state index contributed by atoms with van der Waals surface area (Å²) >= 11 is 0. The Morgan fingerprint density at radius 3 is 2.20 bits per heavy atom. The van der Waals surface area contributed by atoms with E-state index in [0.29, 0.717) is 5.56 Å². The van der Waals surface area contributed by atoms with Crippen molar-refractivity contribution in [3.63, 3.8) is 0 Å². The second kappa shape index (κ2) is 6.29. The number of aromatic amines is 1. The van der Waals surface area contributed by atoms with Crippen LogP contribution in [0.3, 0.4) is 0 Å². The summed E-state index contributed by atoms with van der Waals surface area (Å²) < 4.78 is 50.6. The lowest BCUT2D eigenvalue weighted by Gasteiger charge is -2.13. The van der Waals surface area contributed by atoms with Gasteiger partial charge >= 0.3 is 0 Å². The quantitative estimate of drug-likeness (QED) is 0.713. The topological polar surface area (TPSA) is 96.1 Å². The van der Waals surface area contributed by atoms with Gasteiger partial charge in [0, 0.05) is 16.9 Å². The van der Waals surface area contributed by atoms with E-state index in [9.17, 15) is 16.8 Å². The second-order valence-electron chi connectivity index (χ2n) is 5.91. The van der Waals surface area contributed by atoms with Gasteiger partial charge in [0.25, 0.3) is 0 Å². The molecule has 0 aliphatic heterocycles. The van der Waals surface area contributed by atoms with Gasteiger partial charge in [-0.3, -0.25) is 0 Å². The molecule has 0 radical (unpaired) electrons. The molecule has 0 amide bonds. The molecule has 25 heavy (non-hydrogen) atoms. The summed E-state index contributed by atoms with van der Waals surface area (Å²) in [6, 6.07) is 14.7. The van der Waals surface area contributed by atoms with Gasteiger partial charge in [-0.2, -0.15) is 0 Å². The molecule has 8 heteroatoms. The van der Waals surface area contributed by atoms with E-state index < -0.39 is 25.9 Å². The molecule has 0 saturated carbocycles. The molecule has 0 unspecified atom stereocenters. The molecular formula is C17H18N2O4S2. The smallest absolute Gasteiger partial charge is 0.221 e. The van der Waals surface area contributed by atoms with Crippen LogP contribution in [0.4, 0.5) is 0 Å². The Kier molecular flexibility index (Phi) is 4.44. The first-order valence-corrected chi connectivity index (χ1v) is 10.9. The van der Waals surface area contributed by atoms with E-state index in [2.05, 4.69) is 9.71 Å². The van der Waals surface area contributed by atoms with Crippen LogP contribution >= 0.6 is 0 Å². The van der Waals surface area contributed by atoms with Crippen LogP contribution < -0.4 is 4.72 Å². The fourth-order valence-corrected chi connectivity index (χ4v) is 4.70. The average molecular weight is 378 g/mol. The number of benzene rings is 2. The van der Waals surface area contributed by atoms with Crippen molar-refractivity contribution >= 4 is 30.8 Å². The van der Waals surface area contributed by atoms with Crippen molar-refractivity contribution in [2.45, 2.75) is 22.9 Å². The molecule has 132 valence electrons. The zero-order valence-electron chi connectivity index (χ0n) is 13.7. The number of hydrogen-bond donors (Lipinski definition) is 2. The number of aromatic nitrogens is 1. The molecular weight excluding hydrogens is 360 g/mol. The lowest BCUT2D eigenvalue weighted by Crippen LogP contribution is -2.25. The normalized spacial score (nSPS) is 13.8. The molecule has 0 aliphatic carbocycles. The van der Waals surface area contributed by atoms with Crippen molar-refractivity contribution in [1.82, 2.24) is 9.71 Å². The number of hydrogen-bond acceptors (Lipinski definition) is 4. The number of nitrogens with one attached hydrogen (secondary N) is 2. The van der Waals surface area contributed by atoms with Gasteiger partial charge in [-0.05, 0) is 36.8 Å². The Bertz CT molecular complexity index is 1080. The predicted octanol–water partition coefficient (Wildman–Crippen LogP) is 2.61. The number of para-hydroxylation sites is 1. The first-order chi connectivity index (χ1) is 11.7. The lowest BCUT2D eigenvalue weighted by molar-refractivity contribution is 0.572. The van der Waals surface area contributed by atoms with Crippen LogP contribution in [0.15, 0.2) is 64.5 Å². The van der Waals surface area contributed by atoms with Crippen molar-refractivity contribution in [2.75, 3.05) is 6.26 Å². The summed E-state index contributed by atoms with van der Waals surface area (Å²) in [4.78, 5) is 3.07. The zero-order chi connectivity index (χ0) is 18.2. The fourth-order valence-electron chi connectivity index (χ4n) is 2.64. The first kappa shape index (κ1) is 17.7. The molecule has 0 spiro atoms. The Hall–Kier alpha value is -2.16. The third-order valence-corrected chi connectivity index (χ3v) is 6.35. The van der Waals surface area contributed by atoms with Crippen LogP contribution in [0.25, 0.3) is 10.9 Å². The number of sulfone groups is 1. The Morgan fingerprint density at radius 2 is 1.60 bits per heavy atom. The molecule has 1 atom stereocenters. The van der Waals surface area contributed by atoms with Crippen molar-refractivity contribution in [3.8, 4) is 0 Å². The summed E-state index contributed by atoms with van der Waals surface area (Å²) in [7, 11) is -7.01. The van der Waals surface area contributed by atoms with E-state index in [1.807, 2.05) is 24.3 Å². The lowest BCUT2D eigenvalue weighted by atomic mass is 10.1. The standard InChI is InChI=1S/C17H18N2O4S2/c1-12(19-24(2,20)21)13-7-9-15(10-8-13)25(22,23)17-11-14-5-3-4-6-16(14)18-17/h3-12,18-19H,1-2H3/t12-/m0/s1. The minimum absolute atomic E-state index is 0.128. The zero-order valence-corrected chi connectivity index (χ0v) is 15.4. The molecule has 3 rings (SSSR count). The third-order valence-electron chi connectivity index (χ3n) is 3.88. The number of H-pyrrole nitrogens is 1. The van der Waals surface area contributed by atoms with E-state index in [-0.39, 0.29) is 9.92 Å². The molecule has 2 aromatic carbocycles. The van der Waals surface area contributed by atoms with Crippen molar-refractivity contribution in [3.05, 3.63) is 60.2 Å². The van der Waals surface area contributed by atoms with Gasteiger partial charge in [0.2, 0.25) is 19.9 Å².